The molecular weight excluding hydrogens is 1800 g/mol. The van der Waals surface area contributed by atoms with E-state index in [4.69, 9.17) is 63.1 Å². The van der Waals surface area contributed by atoms with Crippen LogP contribution in [-0.4, -0.2) is 123 Å². The lowest BCUT2D eigenvalue weighted by molar-refractivity contribution is -0.385. The fraction of sp³-hybridized carbons (Fsp3) is 0.604. The fourth-order valence-corrected chi connectivity index (χ4v) is 15.1. The van der Waals surface area contributed by atoms with Crippen molar-refractivity contribution in [2.24, 2.45) is 52.4 Å². The number of non-ortho nitro benzene ring substituents is 2. The van der Waals surface area contributed by atoms with E-state index in [2.05, 4.69) is 85.3 Å². The highest BCUT2D eigenvalue weighted by molar-refractivity contribution is 6.63. The second-order valence-electron chi connectivity index (χ2n) is 34.5. The van der Waals surface area contributed by atoms with Gasteiger partial charge in [0, 0.05) is 131 Å². The molecule has 0 aromatic heterocycles. The predicted molar refractivity (Wildman–Crippen MR) is 553 cm³/mol. The average Bonchev–Trinajstić information content (AvgIpc) is 0.821. The van der Waals surface area contributed by atoms with E-state index in [1.165, 1.54) is 235 Å². The number of rotatable bonds is 79. The number of carbonyl (C=O) groups is 6. The number of nitrogens with two attached hydrogens (primary N) is 2. The molecule has 4 N–H and O–H groups in total. The maximum Gasteiger partial charge on any atom is 0.305 e. The van der Waals surface area contributed by atoms with Crippen LogP contribution in [0, 0.1) is 20.2 Å². The molecule has 0 aliphatic rings. The lowest BCUT2D eigenvalue weighted by Gasteiger charge is -2.23. The summed E-state index contributed by atoms with van der Waals surface area (Å²) in [6, 6.07) is 33.2. The zero-order valence-electron chi connectivity index (χ0n) is 83.4. The molecule has 6 aromatic rings. The number of azo groups is 4. The zero-order valence-corrected chi connectivity index (χ0v) is 84.9. The van der Waals surface area contributed by atoms with Crippen molar-refractivity contribution >= 4 is 125 Å². The Hall–Kier alpha value is -10.6. The number of nitro benzene ring substituents is 2. The highest BCUT2D eigenvalue weighted by Gasteiger charge is 2.19. The van der Waals surface area contributed by atoms with Gasteiger partial charge >= 0.3 is 11.9 Å². The molecule has 762 valence electrons. The number of esters is 2. The number of nitrogens with zero attached hydrogens (tertiary/aromatic N) is 12. The van der Waals surface area contributed by atoms with Crippen LogP contribution in [-0.2, 0) is 38.2 Å². The van der Waals surface area contributed by atoms with Gasteiger partial charge in [0.05, 0.1) is 58.9 Å². The molecule has 0 aliphatic carbocycles. The molecule has 0 bridgehead atoms. The molecule has 32 heteroatoms. The Morgan fingerprint density at radius 3 is 0.826 bits per heavy atom. The second-order valence-corrected chi connectivity index (χ2v) is 35.3. The molecule has 0 amide bonds. The third-order valence-corrected chi connectivity index (χ3v) is 23.2. The fourth-order valence-electron chi connectivity index (χ4n) is 14.8. The van der Waals surface area contributed by atoms with E-state index in [1.807, 2.05) is 48.5 Å². The van der Waals surface area contributed by atoms with Crippen LogP contribution >= 0.6 is 23.2 Å². The normalized spacial score (nSPS) is 11.2. The van der Waals surface area contributed by atoms with E-state index >= 15 is 0 Å². The summed E-state index contributed by atoms with van der Waals surface area (Å²) in [5.74, 6) is 1.38. The molecule has 6 rings (SSSR count). The van der Waals surface area contributed by atoms with E-state index in [0.29, 0.717) is 165 Å². The Kier molecular flexibility index (Phi) is 67.9. The summed E-state index contributed by atoms with van der Waals surface area (Å²) in [5, 5.41) is 56.7. The first-order valence-corrected chi connectivity index (χ1v) is 51.7. The Morgan fingerprint density at radius 2 is 0.558 bits per heavy atom. The molecule has 138 heavy (non-hydrogen) atoms. The molecule has 0 atom stereocenters. The molecule has 0 fully saturated rings. The summed E-state index contributed by atoms with van der Waals surface area (Å²) in [4.78, 5) is 94.8. The van der Waals surface area contributed by atoms with Gasteiger partial charge in [-0.3, -0.25) is 44.2 Å². The first-order valence-electron chi connectivity index (χ1n) is 51.0. The first-order chi connectivity index (χ1) is 67.1. The molecule has 0 saturated carbocycles. The van der Waals surface area contributed by atoms with Gasteiger partial charge < -0.3 is 54.5 Å². The van der Waals surface area contributed by atoms with Crippen LogP contribution in [0.25, 0.3) is 0 Å². The number of halogens is 2. The standard InChI is InChI=1S/C55H82N6O8.C45H68N8O6.C6H8Cl2O2/c1-5-8-10-11-12-13-14-15-16-17-18-19-20-21-22-24-30-55(64)69-42-39-60(7-3)48-35-31-46(32-36-48)56-58-52-43-53(67-40-25-27-45(4)62)51(59-57-47-33-37-49(38-34-47)61(65)66)44-54(52)68-41-26-29-50(63)28-23-9-6-2;1-3-5-6-7-8-9-10-11-12-13-14-15-16-17-18-19-20-45(54)59-34-31-52(4-2)39-25-21-37(22-26-39)48-50-41-35-44(58-33-30-47)42(36-43(41)57-32-29-46)51-49-38-23-27-40(28-24-38)53(55)56;7-5(9)3-1-2-4-6(8)10/h31-38,43-44H,5-30,39-42H2,1-4H3;21-28,35-36H,3-20,29-34,46-47H2,1-2H3;1-4H2. The minimum Gasteiger partial charge on any atom is -0.491 e. The Labute approximate surface area is 830 Å². The summed E-state index contributed by atoms with van der Waals surface area (Å²) in [5.41, 5.74) is 16.7. The highest BCUT2D eigenvalue weighted by Crippen LogP contribution is 2.44. The number of hydrogen-bond acceptors (Lipinski definition) is 28. The van der Waals surface area contributed by atoms with Crippen LogP contribution in [0.3, 0.4) is 0 Å². The van der Waals surface area contributed by atoms with E-state index in [0.717, 1.165) is 69.4 Å². The number of anilines is 2. The summed E-state index contributed by atoms with van der Waals surface area (Å²) in [7, 11) is 0. The second kappa shape index (κ2) is 78.3. The monoisotopic (exact) mass is 1950 g/mol. The van der Waals surface area contributed by atoms with Crippen molar-refractivity contribution in [2.75, 3.05) is 88.7 Å². The van der Waals surface area contributed by atoms with E-state index in [-0.39, 0.29) is 84.9 Å². The highest BCUT2D eigenvalue weighted by atomic mass is 35.5. The van der Waals surface area contributed by atoms with Crippen LogP contribution < -0.4 is 40.2 Å². The van der Waals surface area contributed by atoms with E-state index in [9.17, 15) is 49.0 Å². The van der Waals surface area contributed by atoms with Crippen LogP contribution in [0.2, 0.25) is 0 Å². The van der Waals surface area contributed by atoms with E-state index < -0.39 is 9.85 Å². The largest absolute Gasteiger partial charge is 0.491 e. The Bertz CT molecular complexity index is 4470. The molecular formula is C106H158Cl2N14O16. The average molecular weight is 1960 g/mol. The topological polar surface area (TPSA) is 401 Å². The van der Waals surface area contributed by atoms with Crippen molar-refractivity contribution in [3.63, 3.8) is 0 Å². The maximum atomic E-state index is 12.5. The van der Waals surface area contributed by atoms with Crippen molar-refractivity contribution in [3.8, 4) is 23.0 Å². The number of ether oxygens (including phenoxy) is 6. The summed E-state index contributed by atoms with van der Waals surface area (Å²) in [6.45, 7) is 17.0. The lowest BCUT2D eigenvalue weighted by Crippen LogP contribution is -2.27. The van der Waals surface area contributed by atoms with Gasteiger partial charge in [-0.25, -0.2) is 0 Å². The number of hydrogen-bond donors (Lipinski definition) is 2. The number of Topliss-reactive ketones (excluding diaryl/α,β-unsaturated/α-hetero) is 2. The first kappa shape index (κ1) is 120. The molecule has 6 aromatic carbocycles. The van der Waals surface area contributed by atoms with Gasteiger partial charge in [0.15, 0.2) is 0 Å². The maximum absolute atomic E-state index is 12.5. The minimum atomic E-state index is -0.485. The van der Waals surface area contributed by atoms with Gasteiger partial charge in [0.25, 0.3) is 11.4 Å². The molecule has 0 spiro atoms. The van der Waals surface area contributed by atoms with Gasteiger partial charge in [-0.05, 0) is 162 Å². The molecule has 0 heterocycles. The van der Waals surface area contributed by atoms with Crippen molar-refractivity contribution in [3.05, 3.63) is 142 Å². The number of carbonyl (C=O) groups excluding carboxylic acids is 6. The number of likely N-dealkylation sites (N-methyl/N-ethyl adjacent to an activating group) is 2. The lowest BCUT2D eigenvalue weighted by atomic mass is 10.0. The van der Waals surface area contributed by atoms with Gasteiger partial charge in [-0.2, -0.15) is 20.5 Å². The third-order valence-electron chi connectivity index (χ3n) is 22.8. The van der Waals surface area contributed by atoms with Gasteiger partial charge in [-0.1, -0.05) is 226 Å². The number of ketones is 2. The van der Waals surface area contributed by atoms with Crippen molar-refractivity contribution < 1.29 is 67.0 Å². The van der Waals surface area contributed by atoms with Crippen LogP contribution in [0.1, 0.15) is 337 Å². The van der Waals surface area contributed by atoms with Crippen LogP contribution in [0.4, 0.5) is 68.2 Å². The van der Waals surface area contributed by atoms with Crippen molar-refractivity contribution in [2.45, 2.75) is 337 Å². The smallest absolute Gasteiger partial charge is 0.305 e. The molecule has 0 aliphatic heterocycles. The van der Waals surface area contributed by atoms with Crippen molar-refractivity contribution in [1.29, 1.82) is 0 Å². The Balaban J connectivity index is 0.000000528. The van der Waals surface area contributed by atoms with Gasteiger partial charge in [0.2, 0.25) is 10.5 Å². The Morgan fingerprint density at radius 1 is 0.312 bits per heavy atom. The minimum absolute atomic E-state index is 0.0473. The van der Waals surface area contributed by atoms with Crippen molar-refractivity contribution in [1.82, 2.24) is 0 Å². The number of benzene rings is 6. The molecule has 30 nitrogen and oxygen atoms in total. The molecule has 0 saturated heterocycles. The summed E-state index contributed by atoms with van der Waals surface area (Å²) in [6.07, 6.45) is 49.7. The predicted octanol–water partition coefficient (Wildman–Crippen LogP) is 30.7. The molecule has 0 radical (unpaired) electrons. The van der Waals surface area contributed by atoms with Crippen LogP contribution in [0.15, 0.2) is 162 Å². The zero-order chi connectivity index (χ0) is 100. The molecule has 0 unspecified atom stereocenters. The van der Waals surface area contributed by atoms with E-state index in [1.54, 1.807) is 24.3 Å². The van der Waals surface area contributed by atoms with Gasteiger partial charge in [-0.15, -0.1) is 20.5 Å². The number of nitro groups is 2. The third kappa shape index (κ3) is 57.7. The summed E-state index contributed by atoms with van der Waals surface area (Å²) >= 11 is 10.1. The SMILES string of the molecule is CCCCCCCCCCCCCCCCCCC(=O)OCCN(CC)c1ccc(N=Nc2cc(OCCCC(C)=O)c(N=Nc3ccc([N+](=O)[O-])cc3)cc2OCCCC(=O)CCCCC)cc1.CCCCCCCCCCCCCCCCCCC(=O)OCCN(CC)c1ccc(N=Nc2cc(OCCN)c(N=Nc3ccc([N+](=O)[O-])cc3)cc2OCCN)cc1.O=C(Cl)CCCCC(=O)Cl. The van der Waals surface area contributed by atoms with Gasteiger partial charge in [0.1, 0.15) is 83.7 Å². The number of unbranched alkanes of at least 4 members (excludes halogenated alkanes) is 33. The summed E-state index contributed by atoms with van der Waals surface area (Å²) < 4.78 is 35.2. The quantitative estimate of drug-likeness (QED) is 0.00894. The van der Waals surface area contributed by atoms with Crippen LogP contribution in [0.5, 0.6) is 23.0 Å².